The number of aliphatic hydroxyl groups excluding tert-OH is 2. The Morgan fingerprint density at radius 2 is 2.00 bits per heavy atom. The fourth-order valence-electron chi connectivity index (χ4n) is 1.22. The van der Waals surface area contributed by atoms with Crippen molar-refractivity contribution in [2.24, 2.45) is 0 Å². The first kappa shape index (κ1) is 9.94. The van der Waals surface area contributed by atoms with Crippen LogP contribution in [0.5, 0.6) is 0 Å². The molecule has 0 aromatic carbocycles. The largest absolute Gasteiger partial charge is 0.480 e. The number of aliphatic carboxylic acids is 1. The molecule has 6 heteroatoms. The lowest BCUT2D eigenvalue weighted by Gasteiger charge is -2.11. The number of carbonyl (C=O) groups is 2. The summed E-state index contributed by atoms with van der Waals surface area (Å²) in [6, 6.07) is -1.11. The van der Waals surface area contributed by atoms with Gasteiger partial charge in [0.1, 0.15) is 12.1 Å². The molecule has 1 aliphatic heterocycles. The van der Waals surface area contributed by atoms with Crippen LogP contribution in [0.1, 0.15) is 12.8 Å². The van der Waals surface area contributed by atoms with Gasteiger partial charge in [-0.15, -0.1) is 0 Å². The van der Waals surface area contributed by atoms with Crippen LogP contribution in [0.3, 0.4) is 0 Å². The highest BCUT2D eigenvalue weighted by molar-refractivity contribution is 5.86. The lowest BCUT2D eigenvalue weighted by molar-refractivity contribution is -0.142. The average molecular weight is 189 g/mol. The number of nitrogens with one attached hydrogen (secondary N) is 1. The molecule has 1 aliphatic rings. The fraction of sp³-hybridized carbons (Fsp3) is 0.714. The predicted octanol–water partition coefficient (Wildman–Crippen LogP) is -1.93. The minimum atomic E-state index is -1.32. The summed E-state index contributed by atoms with van der Waals surface area (Å²) in [4.78, 5) is 21.4. The lowest BCUT2D eigenvalue weighted by Crippen LogP contribution is -2.43. The Morgan fingerprint density at radius 1 is 1.38 bits per heavy atom. The summed E-state index contributed by atoms with van der Waals surface area (Å²) < 4.78 is 0. The first-order valence-electron chi connectivity index (χ1n) is 3.90. The molecule has 1 amide bonds. The maximum Gasteiger partial charge on any atom is 0.326 e. The van der Waals surface area contributed by atoms with Gasteiger partial charge in [-0.2, -0.15) is 0 Å². The van der Waals surface area contributed by atoms with Gasteiger partial charge in [-0.3, -0.25) is 4.79 Å². The smallest absolute Gasteiger partial charge is 0.326 e. The fourth-order valence-corrected chi connectivity index (χ4v) is 1.22. The monoisotopic (exact) mass is 189 g/mol. The molecule has 1 fully saturated rings. The third kappa shape index (κ3) is 2.40. The Morgan fingerprint density at radius 3 is 2.54 bits per heavy atom. The summed E-state index contributed by atoms with van der Waals surface area (Å²) >= 11 is 0. The van der Waals surface area contributed by atoms with Crippen LogP contribution >= 0.6 is 0 Å². The van der Waals surface area contributed by atoms with Crippen molar-refractivity contribution < 1.29 is 24.9 Å². The highest BCUT2D eigenvalue weighted by Crippen LogP contribution is 2.11. The quantitative estimate of drug-likeness (QED) is 0.384. The van der Waals surface area contributed by atoms with Crippen molar-refractivity contribution in [1.29, 1.82) is 0 Å². The molecule has 1 rings (SSSR count). The number of carboxylic acids is 1. The second-order valence-electron chi connectivity index (χ2n) is 3.04. The SMILES string of the molecule is O=C(O)[C@@H]1C[C@H](O)C[C@H](O)C(=O)N1. The minimum absolute atomic E-state index is 0.0713. The molecule has 1 saturated heterocycles. The van der Waals surface area contributed by atoms with Crippen molar-refractivity contribution in [1.82, 2.24) is 5.32 Å². The van der Waals surface area contributed by atoms with Crippen LogP contribution in [0.2, 0.25) is 0 Å². The number of hydrogen-bond donors (Lipinski definition) is 4. The van der Waals surface area contributed by atoms with Gasteiger partial charge in [0.2, 0.25) is 5.91 Å². The van der Waals surface area contributed by atoms with E-state index in [9.17, 15) is 14.7 Å². The van der Waals surface area contributed by atoms with Gasteiger partial charge < -0.3 is 20.6 Å². The van der Waals surface area contributed by atoms with E-state index in [0.29, 0.717) is 0 Å². The van der Waals surface area contributed by atoms with Crippen LogP contribution in [-0.2, 0) is 9.59 Å². The molecule has 6 nitrogen and oxygen atoms in total. The van der Waals surface area contributed by atoms with E-state index in [2.05, 4.69) is 5.32 Å². The standard InChI is InChI=1S/C7H11NO5/c9-3-1-4(7(12)13)8-6(11)5(10)2-3/h3-5,9-10H,1-2H2,(H,8,11)(H,12,13)/t3-,4-,5-/m0/s1. The van der Waals surface area contributed by atoms with Crippen molar-refractivity contribution in [3.05, 3.63) is 0 Å². The van der Waals surface area contributed by atoms with Crippen LogP contribution in [0, 0.1) is 0 Å². The summed E-state index contributed by atoms with van der Waals surface area (Å²) in [5.74, 6) is -1.95. The Balaban J connectivity index is 2.70. The summed E-state index contributed by atoms with van der Waals surface area (Å²) in [6.07, 6.45) is -2.47. The zero-order valence-electron chi connectivity index (χ0n) is 6.80. The third-order valence-electron chi connectivity index (χ3n) is 1.92. The zero-order valence-corrected chi connectivity index (χ0v) is 6.80. The molecule has 3 atom stereocenters. The van der Waals surface area contributed by atoms with Gasteiger partial charge in [-0.25, -0.2) is 4.79 Å². The first-order valence-corrected chi connectivity index (χ1v) is 3.90. The molecule has 0 spiro atoms. The number of rotatable bonds is 1. The number of hydrogen-bond acceptors (Lipinski definition) is 4. The third-order valence-corrected chi connectivity index (χ3v) is 1.92. The molecule has 0 aromatic rings. The number of carboxylic acid groups (broad SMARTS) is 1. The van der Waals surface area contributed by atoms with E-state index in [-0.39, 0.29) is 12.8 Å². The molecule has 0 unspecified atom stereocenters. The van der Waals surface area contributed by atoms with E-state index in [4.69, 9.17) is 10.2 Å². The van der Waals surface area contributed by atoms with Crippen LogP contribution in [-0.4, -0.2) is 45.4 Å². The van der Waals surface area contributed by atoms with Crippen LogP contribution in [0.25, 0.3) is 0 Å². The Labute approximate surface area is 74.2 Å². The van der Waals surface area contributed by atoms with Crippen molar-refractivity contribution in [3.8, 4) is 0 Å². The van der Waals surface area contributed by atoms with E-state index < -0.39 is 30.1 Å². The first-order chi connectivity index (χ1) is 6.00. The Bertz CT molecular complexity index is 229. The van der Waals surface area contributed by atoms with Crippen LogP contribution in [0.15, 0.2) is 0 Å². The maximum atomic E-state index is 10.9. The highest BCUT2D eigenvalue weighted by atomic mass is 16.4. The molecule has 74 valence electrons. The van der Waals surface area contributed by atoms with E-state index in [1.807, 2.05) is 0 Å². The summed E-state index contributed by atoms with van der Waals surface area (Å²) in [5.41, 5.74) is 0. The molecule has 1 heterocycles. The molecule has 0 radical (unpaired) electrons. The van der Waals surface area contributed by atoms with Gasteiger partial charge in [0.05, 0.1) is 6.10 Å². The molecule has 4 N–H and O–H groups in total. The highest BCUT2D eigenvalue weighted by Gasteiger charge is 2.32. The second kappa shape index (κ2) is 3.71. The number of aliphatic hydroxyl groups is 2. The zero-order chi connectivity index (χ0) is 10.0. The van der Waals surface area contributed by atoms with Crippen molar-refractivity contribution >= 4 is 11.9 Å². The second-order valence-corrected chi connectivity index (χ2v) is 3.04. The number of amides is 1. The van der Waals surface area contributed by atoms with Crippen molar-refractivity contribution in [2.75, 3.05) is 0 Å². The molecule has 0 aromatic heterocycles. The minimum Gasteiger partial charge on any atom is -0.480 e. The van der Waals surface area contributed by atoms with Crippen molar-refractivity contribution in [2.45, 2.75) is 31.1 Å². The van der Waals surface area contributed by atoms with Gasteiger partial charge in [0.15, 0.2) is 0 Å². The van der Waals surface area contributed by atoms with Gasteiger partial charge in [-0.05, 0) is 0 Å². The Kier molecular flexibility index (Phi) is 2.84. The Hall–Kier alpha value is -1.14. The summed E-state index contributed by atoms with van der Waals surface area (Å²) in [5, 5.41) is 28.9. The van der Waals surface area contributed by atoms with Gasteiger partial charge in [0, 0.05) is 12.8 Å². The van der Waals surface area contributed by atoms with Crippen LogP contribution < -0.4 is 5.32 Å². The van der Waals surface area contributed by atoms with E-state index >= 15 is 0 Å². The van der Waals surface area contributed by atoms with E-state index in [1.165, 1.54) is 0 Å². The van der Waals surface area contributed by atoms with Crippen molar-refractivity contribution in [3.63, 3.8) is 0 Å². The maximum absolute atomic E-state index is 10.9. The van der Waals surface area contributed by atoms with E-state index in [1.54, 1.807) is 0 Å². The topological polar surface area (TPSA) is 107 Å². The molecule has 0 saturated carbocycles. The molecule has 13 heavy (non-hydrogen) atoms. The van der Waals surface area contributed by atoms with Gasteiger partial charge in [0.25, 0.3) is 0 Å². The predicted molar refractivity (Wildman–Crippen MR) is 40.8 cm³/mol. The summed E-state index contributed by atoms with van der Waals surface area (Å²) in [6.45, 7) is 0. The number of carbonyl (C=O) groups excluding carboxylic acids is 1. The van der Waals surface area contributed by atoms with Crippen LogP contribution in [0.4, 0.5) is 0 Å². The van der Waals surface area contributed by atoms with Gasteiger partial charge in [-0.1, -0.05) is 0 Å². The van der Waals surface area contributed by atoms with Gasteiger partial charge >= 0.3 is 5.97 Å². The lowest BCUT2D eigenvalue weighted by atomic mass is 10.1. The average Bonchev–Trinajstić information content (AvgIpc) is 2.12. The molecule has 0 aliphatic carbocycles. The molecule has 0 bridgehead atoms. The molecular formula is C7H11NO5. The van der Waals surface area contributed by atoms with E-state index in [0.717, 1.165) is 0 Å². The molecular weight excluding hydrogens is 178 g/mol. The summed E-state index contributed by atoms with van der Waals surface area (Å²) in [7, 11) is 0. The normalized spacial score (nSPS) is 34.9.